The highest BCUT2D eigenvalue weighted by Crippen LogP contribution is 2.19. The Labute approximate surface area is 148 Å². The first kappa shape index (κ1) is 17.6. The van der Waals surface area contributed by atoms with Gasteiger partial charge in [0.1, 0.15) is 11.6 Å². The van der Waals surface area contributed by atoms with Crippen molar-refractivity contribution in [1.29, 1.82) is 0 Å². The Bertz CT molecular complexity index is 697. The largest absolute Gasteiger partial charge is 0.355 e. The van der Waals surface area contributed by atoms with Crippen molar-refractivity contribution in [3.8, 4) is 0 Å². The minimum absolute atomic E-state index is 0.0213. The van der Waals surface area contributed by atoms with Crippen LogP contribution in [0.25, 0.3) is 0 Å². The second kappa shape index (κ2) is 8.25. The first-order chi connectivity index (χ1) is 12.2. The molecule has 1 aliphatic rings. The summed E-state index contributed by atoms with van der Waals surface area (Å²) >= 11 is 0. The average Bonchev–Trinajstić information content (AvgIpc) is 2.87. The van der Waals surface area contributed by atoms with Gasteiger partial charge in [0.2, 0.25) is 5.91 Å². The third-order valence-corrected chi connectivity index (χ3v) is 4.97. The van der Waals surface area contributed by atoms with Crippen LogP contribution >= 0.6 is 0 Å². The molecule has 134 valence electrons. The van der Waals surface area contributed by atoms with E-state index in [1.807, 2.05) is 37.3 Å². The van der Waals surface area contributed by atoms with Crippen LogP contribution in [0.1, 0.15) is 49.4 Å². The van der Waals surface area contributed by atoms with Crippen LogP contribution in [0.15, 0.2) is 30.3 Å². The van der Waals surface area contributed by atoms with E-state index < -0.39 is 0 Å². The van der Waals surface area contributed by atoms with Gasteiger partial charge in [-0.05, 0) is 18.4 Å². The Morgan fingerprint density at radius 1 is 1.24 bits per heavy atom. The van der Waals surface area contributed by atoms with Gasteiger partial charge in [0.15, 0.2) is 0 Å². The summed E-state index contributed by atoms with van der Waals surface area (Å²) < 4.78 is 2.22. The Hall–Kier alpha value is -2.21. The average molecular weight is 341 g/mol. The van der Waals surface area contributed by atoms with E-state index in [1.165, 1.54) is 19.3 Å². The molecule has 6 nitrogen and oxygen atoms in total. The molecule has 2 aromatic rings. The number of nitrogens with zero attached hydrogens (tertiary/aromatic N) is 3. The van der Waals surface area contributed by atoms with Crippen LogP contribution < -0.4 is 11.1 Å². The van der Waals surface area contributed by atoms with Crippen LogP contribution in [0.2, 0.25) is 0 Å². The third kappa shape index (κ3) is 4.25. The molecule has 0 radical (unpaired) electrons. The molecular weight excluding hydrogens is 314 g/mol. The van der Waals surface area contributed by atoms with Gasteiger partial charge in [-0.3, -0.25) is 4.79 Å². The molecule has 0 spiro atoms. The number of benzene rings is 1. The quantitative estimate of drug-likeness (QED) is 0.841. The van der Waals surface area contributed by atoms with Crippen molar-refractivity contribution in [2.45, 2.75) is 51.6 Å². The molecule has 2 atom stereocenters. The predicted octanol–water partition coefficient (Wildman–Crippen LogP) is 2.00. The topological polar surface area (TPSA) is 85.8 Å². The molecule has 2 heterocycles. The molecule has 0 bridgehead atoms. The number of aryl methyl sites for hydroxylation is 1. The lowest BCUT2D eigenvalue weighted by Crippen LogP contribution is -2.36. The predicted molar refractivity (Wildman–Crippen MR) is 96.8 cm³/mol. The Morgan fingerprint density at radius 3 is 2.84 bits per heavy atom. The number of carbonyl (C=O) groups excluding carboxylic acids is 1. The van der Waals surface area contributed by atoms with Gasteiger partial charge < -0.3 is 15.6 Å². The SMILES string of the molecule is CC(C(=O)NCCc1nnc2n1CCCCC2)C(N)c1ccccc1. The molecule has 0 saturated carbocycles. The molecule has 3 rings (SSSR count). The van der Waals surface area contributed by atoms with Crippen LogP contribution in [0, 0.1) is 5.92 Å². The second-order valence-electron chi connectivity index (χ2n) is 6.76. The number of rotatable bonds is 6. The van der Waals surface area contributed by atoms with E-state index in [1.54, 1.807) is 0 Å². The molecule has 1 aliphatic heterocycles. The molecule has 25 heavy (non-hydrogen) atoms. The summed E-state index contributed by atoms with van der Waals surface area (Å²) in [5.74, 6) is 1.75. The molecule has 6 heteroatoms. The lowest BCUT2D eigenvalue weighted by molar-refractivity contribution is -0.125. The molecule has 1 aromatic heterocycles. The molecule has 0 saturated heterocycles. The maximum Gasteiger partial charge on any atom is 0.224 e. The van der Waals surface area contributed by atoms with Crippen molar-refractivity contribution < 1.29 is 4.79 Å². The fourth-order valence-electron chi connectivity index (χ4n) is 3.32. The van der Waals surface area contributed by atoms with Crippen molar-refractivity contribution in [3.63, 3.8) is 0 Å². The van der Waals surface area contributed by atoms with E-state index in [0.29, 0.717) is 13.0 Å². The summed E-state index contributed by atoms with van der Waals surface area (Å²) in [5.41, 5.74) is 7.21. The fraction of sp³-hybridized carbons (Fsp3) is 0.526. The van der Waals surface area contributed by atoms with Gasteiger partial charge in [0.05, 0.1) is 5.92 Å². The number of hydrogen-bond donors (Lipinski definition) is 2. The van der Waals surface area contributed by atoms with E-state index in [0.717, 1.165) is 30.2 Å². The van der Waals surface area contributed by atoms with Crippen molar-refractivity contribution in [2.24, 2.45) is 11.7 Å². The monoisotopic (exact) mass is 341 g/mol. The molecule has 3 N–H and O–H groups in total. The van der Waals surface area contributed by atoms with E-state index >= 15 is 0 Å². The highest BCUT2D eigenvalue weighted by molar-refractivity contribution is 5.79. The molecule has 2 unspecified atom stereocenters. The maximum absolute atomic E-state index is 12.4. The molecule has 1 amide bonds. The van der Waals surface area contributed by atoms with Gasteiger partial charge in [-0.1, -0.05) is 43.7 Å². The summed E-state index contributed by atoms with van der Waals surface area (Å²) in [6.07, 6.45) is 5.31. The molecule has 0 aliphatic carbocycles. The van der Waals surface area contributed by atoms with E-state index in [4.69, 9.17) is 5.73 Å². The summed E-state index contributed by atoms with van der Waals surface area (Å²) in [6.45, 7) is 3.42. The van der Waals surface area contributed by atoms with Gasteiger partial charge in [0, 0.05) is 32.0 Å². The van der Waals surface area contributed by atoms with Crippen LogP contribution in [0.5, 0.6) is 0 Å². The summed E-state index contributed by atoms with van der Waals surface area (Å²) in [7, 11) is 0. The van der Waals surface area contributed by atoms with E-state index in [9.17, 15) is 4.79 Å². The lowest BCUT2D eigenvalue weighted by atomic mass is 9.95. The lowest BCUT2D eigenvalue weighted by Gasteiger charge is -2.19. The first-order valence-electron chi connectivity index (χ1n) is 9.16. The highest BCUT2D eigenvalue weighted by atomic mass is 16.1. The summed E-state index contributed by atoms with van der Waals surface area (Å²) in [6, 6.07) is 9.45. The number of nitrogens with two attached hydrogens (primary N) is 1. The number of aromatic nitrogens is 3. The number of carbonyl (C=O) groups is 1. The Morgan fingerprint density at radius 2 is 2.04 bits per heavy atom. The van der Waals surface area contributed by atoms with Crippen molar-refractivity contribution in [3.05, 3.63) is 47.5 Å². The summed E-state index contributed by atoms with van der Waals surface area (Å²) in [4.78, 5) is 12.4. The minimum atomic E-state index is -0.300. The Balaban J connectivity index is 1.52. The van der Waals surface area contributed by atoms with Crippen molar-refractivity contribution in [2.75, 3.05) is 6.54 Å². The second-order valence-corrected chi connectivity index (χ2v) is 6.76. The van der Waals surface area contributed by atoms with Gasteiger partial charge in [-0.25, -0.2) is 0 Å². The van der Waals surface area contributed by atoms with Gasteiger partial charge >= 0.3 is 0 Å². The fourth-order valence-corrected chi connectivity index (χ4v) is 3.32. The number of fused-ring (bicyclic) bond motifs is 1. The van der Waals surface area contributed by atoms with Gasteiger partial charge in [-0.2, -0.15) is 0 Å². The van der Waals surface area contributed by atoms with Crippen LogP contribution in [0.4, 0.5) is 0 Å². The zero-order valence-electron chi connectivity index (χ0n) is 14.8. The van der Waals surface area contributed by atoms with E-state index in [-0.39, 0.29) is 17.9 Å². The number of amides is 1. The number of nitrogens with one attached hydrogen (secondary N) is 1. The van der Waals surface area contributed by atoms with Gasteiger partial charge in [-0.15, -0.1) is 10.2 Å². The third-order valence-electron chi connectivity index (χ3n) is 4.97. The maximum atomic E-state index is 12.4. The minimum Gasteiger partial charge on any atom is -0.355 e. The molecule has 1 aromatic carbocycles. The smallest absolute Gasteiger partial charge is 0.224 e. The number of hydrogen-bond acceptors (Lipinski definition) is 4. The van der Waals surface area contributed by atoms with Gasteiger partial charge in [0.25, 0.3) is 0 Å². The standard InChI is InChI=1S/C19H27N5O/c1-14(18(20)15-8-4-2-5-9-15)19(25)21-12-11-17-23-22-16-10-6-3-7-13-24(16)17/h2,4-5,8-9,14,18H,3,6-7,10-13,20H2,1H3,(H,21,25). The molecular formula is C19H27N5O. The first-order valence-corrected chi connectivity index (χ1v) is 9.16. The summed E-state index contributed by atoms with van der Waals surface area (Å²) in [5, 5.41) is 11.6. The van der Waals surface area contributed by atoms with Crippen LogP contribution in [-0.4, -0.2) is 27.2 Å². The van der Waals surface area contributed by atoms with Crippen LogP contribution in [-0.2, 0) is 24.2 Å². The normalized spacial score (nSPS) is 16.6. The Kier molecular flexibility index (Phi) is 5.81. The highest BCUT2D eigenvalue weighted by Gasteiger charge is 2.22. The zero-order valence-corrected chi connectivity index (χ0v) is 14.8. The molecule has 0 fully saturated rings. The van der Waals surface area contributed by atoms with Crippen molar-refractivity contribution >= 4 is 5.91 Å². The van der Waals surface area contributed by atoms with Crippen molar-refractivity contribution in [1.82, 2.24) is 20.1 Å². The zero-order chi connectivity index (χ0) is 17.6. The van der Waals surface area contributed by atoms with E-state index in [2.05, 4.69) is 20.1 Å². The van der Waals surface area contributed by atoms with Crippen LogP contribution in [0.3, 0.4) is 0 Å².